The zero-order chi connectivity index (χ0) is 14.1. The molecule has 1 aromatic heterocycles. The Labute approximate surface area is 113 Å². The van der Waals surface area contributed by atoms with Crippen LogP contribution in [-0.2, 0) is 0 Å². The lowest BCUT2D eigenvalue weighted by molar-refractivity contribution is -0.255. The number of hydrogen-bond acceptors (Lipinski definition) is 4. The van der Waals surface area contributed by atoms with Crippen molar-refractivity contribution < 1.29 is 14.3 Å². The highest BCUT2D eigenvalue weighted by atomic mass is 16.4. The molecule has 98 valence electrons. The fourth-order valence-corrected chi connectivity index (χ4v) is 2.02. The van der Waals surface area contributed by atoms with Gasteiger partial charge in [-0.2, -0.15) is 0 Å². The Kier molecular flexibility index (Phi) is 2.84. The highest BCUT2D eigenvalue weighted by molar-refractivity contribution is 5.86. The first-order chi connectivity index (χ1) is 9.65. The number of rotatable bonds is 2. The zero-order valence-corrected chi connectivity index (χ0v) is 10.3. The molecular formula is C16H9O4-. The molecule has 0 fully saturated rings. The summed E-state index contributed by atoms with van der Waals surface area (Å²) in [6.07, 6.45) is 0. The first-order valence-electron chi connectivity index (χ1n) is 6.00. The van der Waals surface area contributed by atoms with Crippen LogP contribution in [0.4, 0.5) is 0 Å². The zero-order valence-electron chi connectivity index (χ0n) is 10.3. The van der Waals surface area contributed by atoms with Gasteiger partial charge in [0.2, 0.25) is 0 Å². The fourth-order valence-electron chi connectivity index (χ4n) is 2.02. The minimum Gasteiger partial charge on any atom is -0.545 e. The van der Waals surface area contributed by atoms with E-state index < -0.39 is 5.97 Å². The summed E-state index contributed by atoms with van der Waals surface area (Å²) >= 11 is 0. The van der Waals surface area contributed by atoms with E-state index in [0.29, 0.717) is 22.3 Å². The van der Waals surface area contributed by atoms with Gasteiger partial charge in [0.25, 0.3) is 0 Å². The summed E-state index contributed by atoms with van der Waals surface area (Å²) in [4.78, 5) is 22.7. The maximum atomic E-state index is 12.0. The van der Waals surface area contributed by atoms with Crippen LogP contribution in [0.3, 0.4) is 0 Å². The van der Waals surface area contributed by atoms with Gasteiger partial charge in [-0.15, -0.1) is 0 Å². The van der Waals surface area contributed by atoms with Crippen molar-refractivity contribution in [3.8, 4) is 11.3 Å². The highest BCUT2D eigenvalue weighted by Crippen LogP contribution is 2.22. The number of aromatic carboxylic acids is 1. The van der Waals surface area contributed by atoms with Gasteiger partial charge in [-0.3, -0.25) is 4.79 Å². The summed E-state index contributed by atoms with van der Waals surface area (Å²) in [6.45, 7) is 0. The second-order valence-corrected chi connectivity index (χ2v) is 4.34. The van der Waals surface area contributed by atoms with E-state index in [4.69, 9.17) is 4.42 Å². The van der Waals surface area contributed by atoms with Crippen LogP contribution in [0.5, 0.6) is 0 Å². The van der Waals surface area contributed by atoms with Crippen LogP contribution in [0, 0.1) is 0 Å². The summed E-state index contributed by atoms with van der Waals surface area (Å²) in [7, 11) is 0. The van der Waals surface area contributed by atoms with Gasteiger partial charge >= 0.3 is 0 Å². The number of carboxylic acid groups (broad SMARTS) is 1. The van der Waals surface area contributed by atoms with Crippen molar-refractivity contribution in [1.82, 2.24) is 0 Å². The Morgan fingerprint density at radius 2 is 1.70 bits per heavy atom. The largest absolute Gasteiger partial charge is 0.545 e. The maximum Gasteiger partial charge on any atom is 0.193 e. The van der Waals surface area contributed by atoms with E-state index >= 15 is 0 Å². The fraction of sp³-hybridized carbons (Fsp3) is 0. The van der Waals surface area contributed by atoms with Gasteiger partial charge in [0.1, 0.15) is 11.3 Å². The van der Waals surface area contributed by atoms with Gasteiger partial charge in [0.05, 0.1) is 11.4 Å². The monoisotopic (exact) mass is 265 g/mol. The van der Waals surface area contributed by atoms with Gasteiger partial charge in [-0.1, -0.05) is 36.4 Å². The third-order valence-electron chi connectivity index (χ3n) is 3.04. The number of carbonyl (C=O) groups is 1. The predicted molar refractivity (Wildman–Crippen MR) is 72.3 cm³/mol. The van der Waals surface area contributed by atoms with Gasteiger partial charge in [0.15, 0.2) is 5.43 Å². The van der Waals surface area contributed by atoms with Crippen molar-refractivity contribution >= 4 is 16.9 Å². The predicted octanol–water partition coefficient (Wildman–Crippen LogP) is 1.82. The molecule has 0 unspecified atom stereocenters. The van der Waals surface area contributed by atoms with Gasteiger partial charge < -0.3 is 14.3 Å². The number of carbonyl (C=O) groups excluding carboxylic acids is 1. The average Bonchev–Trinajstić information content (AvgIpc) is 2.47. The lowest BCUT2D eigenvalue weighted by Gasteiger charge is -2.05. The Morgan fingerprint density at radius 3 is 2.40 bits per heavy atom. The molecule has 0 aliphatic heterocycles. The minimum absolute atomic E-state index is 0.0805. The number of carboxylic acids is 1. The standard InChI is InChI=1S/C16H10O4/c17-13-9-15(20-14-4-2-1-3-12(13)14)10-5-7-11(8-6-10)16(18)19/h1-9H,(H,18,19)/p-1. The van der Waals surface area contributed by atoms with E-state index in [0.717, 1.165) is 0 Å². The highest BCUT2D eigenvalue weighted by Gasteiger charge is 2.06. The Hall–Kier alpha value is -2.88. The van der Waals surface area contributed by atoms with Crippen LogP contribution >= 0.6 is 0 Å². The quantitative estimate of drug-likeness (QED) is 0.708. The normalized spacial score (nSPS) is 10.6. The molecule has 0 aliphatic rings. The van der Waals surface area contributed by atoms with E-state index in [1.54, 1.807) is 36.4 Å². The summed E-state index contributed by atoms with van der Waals surface area (Å²) in [5.41, 5.74) is 1.08. The molecular weight excluding hydrogens is 256 g/mol. The van der Waals surface area contributed by atoms with Gasteiger partial charge in [-0.25, -0.2) is 0 Å². The molecule has 1 heterocycles. The molecule has 3 aromatic rings. The number of fused-ring (bicyclic) bond motifs is 1. The van der Waals surface area contributed by atoms with E-state index in [-0.39, 0.29) is 11.0 Å². The van der Waals surface area contributed by atoms with Crippen molar-refractivity contribution in [1.29, 1.82) is 0 Å². The van der Waals surface area contributed by atoms with Crippen molar-refractivity contribution in [2.45, 2.75) is 0 Å². The summed E-state index contributed by atoms with van der Waals surface area (Å²) in [5.74, 6) is -0.838. The molecule has 0 amide bonds. The van der Waals surface area contributed by atoms with Crippen LogP contribution in [0.25, 0.3) is 22.3 Å². The van der Waals surface area contributed by atoms with Crippen molar-refractivity contribution in [3.63, 3.8) is 0 Å². The van der Waals surface area contributed by atoms with Gasteiger partial charge in [0, 0.05) is 11.6 Å². The molecule has 4 heteroatoms. The first kappa shape index (κ1) is 12.2. The molecule has 0 aliphatic carbocycles. The molecule has 2 aromatic carbocycles. The van der Waals surface area contributed by atoms with E-state index in [9.17, 15) is 14.7 Å². The van der Waals surface area contributed by atoms with E-state index in [1.165, 1.54) is 18.2 Å². The van der Waals surface area contributed by atoms with Crippen LogP contribution in [0.15, 0.2) is 63.8 Å². The molecule has 0 bridgehead atoms. The van der Waals surface area contributed by atoms with Crippen LogP contribution < -0.4 is 10.5 Å². The summed E-state index contributed by atoms with van der Waals surface area (Å²) in [5, 5.41) is 11.2. The lowest BCUT2D eigenvalue weighted by Crippen LogP contribution is -2.21. The number of benzene rings is 2. The minimum atomic E-state index is -1.24. The molecule has 0 N–H and O–H groups in total. The molecule has 0 spiro atoms. The summed E-state index contributed by atoms with van der Waals surface area (Å²) in [6, 6.07) is 14.4. The molecule has 0 atom stereocenters. The Balaban J connectivity index is 2.14. The average molecular weight is 265 g/mol. The lowest BCUT2D eigenvalue weighted by atomic mass is 10.1. The molecule has 0 radical (unpaired) electrons. The van der Waals surface area contributed by atoms with Crippen LogP contribution in [0.2, 0.25) is 0 Å². The maximum absolute atomic E-state index is 12.0. The summed E-state index contributed by atoms with van der Waals surface area (Å²) < 4.78 is 5.67. The second-order valence-electron chi connectivity index (χ2n) is 4.34. The first-order valence-corrected chi connectivity index (χ1v) is 6.00. The SMILES string of the molecule is O=C([O-])c1ccc(-c2cc(=O)c3ccccc3o2)cc1. The third-order valence-corrected chi connectivity index (χ3v) is 3.04. The van der Waals surface area contributed by atoms with Crippen molar-refractivity contribution in [3.05, 3.63) is 70.4 Å². The van der Waals surface area contributed by atoms with E-state index in [1.807, 2.05) is 0 Å². The third kappa shape index (κ3) is 2.07. The molecule has 20 heavy (non-hydrogen) atoms. The Bertz CT molecular complexity index is 844. The van der Waals surface area contributed by atoms with Crippen molar-refractivity contribution in [2.24, 2.45) is 0 Å². The molecule has 0 saturated heterocycles. The van der Waals surface area contributed by atoms with Crippen molar-refractivity contribution in [2.75, 3.05) is 0 Å². The topological polar surface area (TPSA) is 70.3 Å². The molecule has 0 saturated carbocycles. The second kappa shape index (κ2) is 4.66. The molecule has 4 nitrogen and oxygen atoms in total. The van der Waals surface area contributed by atoms with Gasteiger partial charge in [-0.05, 0) is 17.7 Å². The Morgan fingerprint density at radius 1 is 1.00 bits per heavy atom. The van der Waals surface area contributed by atoms with E-state index in [2.05, 4.69) is 0 Å². The van der Waals surface area contributed by atoms with Crippen LogP contribution in [-0.4, -0.2) is 5.97 Å². The smallest absolute Gasteiger partial charge is 0.193 e. The number of para-hydroxylation sites is 1. The molecule has 3 rings (SSSR count). The van der Waals surface area contributed by atoms with Crippen LogP contribution in [0.1, 0.15) is 10.4 Å². The number of hydrogen-bond donors (Lipinski definition) is 0.